The Morgan fingerprint density at radius 3 is 2.08 bits per heavy atom. The summed E-state index contributed by atoms with van der Waals surface area (Å²) in [7, 11) is 1.67. The molecule has 0 amide bonds. The molecule has 0 spiro atoms. The van der Waals surface area contributed by atoms with Crippen molar-refractivity contribution in [1.29, 1.82) is 5.26 Å². The van der Waals surface area contributed by atoms with Crippen molar-refractivity contribution in [3.05, 3.63) is 64.6 Å². The Hall–Kier alpha value is -2.09. The second-order valence-electron chi connectivity index (χ2n) is 4.71. The van der Waals surface area contributed by atoms with Crippen molar-refractivity contribution in [2.45, 2.75) is 13.8 Å². The van der Waals surface area contributed by atoms with Crippen molar-refractivity contribution >= 4 is 27.3 Å². The monoisotopic (exact) mass is 399 g/mol. The zero-order chi connectivity index (χ0) is 17.5. The van der Waals surface area contributed by atoms with Gasteiger partial charge in [0, 0.05) is 14.2 Å². The lowest BCUT2D eigenvalue weighted by atomic mass is 10.1. The van der Waals surface area contributed by atoms with Crippen LogP contribution in [0.2, 0.25) is 0 Å². The van der Waals surface area contributed by atoms with Crippen LogP contribution in [0.3, 0.4) is 0 Å². The number of benzene rings is 2. The second kappa shape index (κ2) is 8.68. The molecule has 2 nitrogen and oxygen atoms in total. The SMILES string of the molecule is CC.COc1ccc(-c2sc(-c3ccc(C#N)cc3)cc2Br)cc1. The van der Waals surface area contributed by atoms with Crippen molar-refractivity contribution in [3.63, 3.8) is 0 Å². The lowest BCUT2D eigenvalue weighted by Gasteiger charge is -2.02. The molecule has 3 rings (SSSR count). The number of rotatable bonds is 3. The molecule has 122 valence electrons. The normalized spacial score (nSPS) is 9.62. The molecule has 3 aromatic rings. The summed E-state index contributed by atoms with van der Waals surface area (Å²) in [4.78, 5) is 2.35. The number of thiophene rings is 1. The van der Waals surface area contributed by atoms with Crippen LogP contribution in [0.1, 0.15) is 19.4 Å². The molecule has 0 radical (unpaired) electrons. The Labute approximate surface area is 155 Å². The van der Waals surface area contributed by atoms with Crippen molar-refractivity contribution < 1.29 is 4.74 Å². The summed E-state index contributed by atoms with van der Waals surface area (Å²) in [5, 5.41) is 8.87. The van der Waals surface area contributed by atoms with Gasteiger partial charge in [-0.3, -0.25) is 0 Å². The van der Waals surface area contributed by atoms with Crippen LogP contribution in [0, 0.1) is 11.3 Å². The average Bonchev–Trinajstić information content (AvgIpc) is 3.05. The number of ether oxygens (including phenoxy) is 1. The summed E-state index contributed by atoms with van der Waals surface area (Å²) in [6.45, 7) is 4.00. The van der Waals surface area contributed by atoms with Gasteiger partial charge in [-0.05, 0) is 69.5 Å². The molecule has 1 heterocycles. The molecule has 0 N–H and O–H groups in total. The zero-order valence-corrected chi connectivity index (χ0v) is 16.2. The maximum Gasteiger partial charge on any atom is 0.118 e. The van der Waals surface area contributed by atoms with Crippen molar-refractivity contribution in [3.8, 4) is 32.7 Å². The van der Waals surface area contributed by atoms with Gasteiger partial charge in [0.2, 0.25) is 0 Å². The molecule has 0 aliphatic heterocycles. The van der Waals surface area contributed by atoms with E-state index in [1.165, 1.54) is 9.75 Å². The first-order valence-corrected chi connectivity index (χ1v) is 9.26. The van der Waals surface area contributed by atoms with Crippen LogP contribution in [0.25, 0.3) is 20.9 Å². The molecule has 4 heteroatoms. The van der Waals surface area contributed by atoms with E-state index >= 15 is 0 Å². The predicted molar refractivity (Wildman–Crippen MR) is 106 cm³/mol. The van der Waals surface area contributed by atoms with E-state index in [4.69, 9.17) is 10.00 Å². The number of nitrogens with zero attached hydrogens (tertiary/aromatic N) is 1. The lowest BCUT2D eigenvalue weighted by molar-refractivity contribution is 0.415. The van der Waals surface area contributed by atoms with Gasteiger partial charge in [-0.25, -0.2) is 0 Å². The highest BCUT2D eigenvalue weighted by molar-refractivity contribution is 9.10. The standard InChI is InChI=1S/C18H12BrNOS.C2H6/c1-21-15-8-6-14(7-9-15)18-16(19)10-17(22-18)13-4-2-12(11-20)3-5-13;1-2/h2-10H,1H3;1-2H3. The quantitative estimate of drug-likeness (QED) is 0.487. The van der Waals surface area contributed by atoms with E-state index in [2.05, 4.69) is 40.2 Å². The van der Waals surface area contributed by atoms with Gasteiger partial charge in [0.25, 0.3) is 0 Å². The third-order valence-corrected chi connectivity index (χ3v) is 5.46. The first-order valence-electron chi connectivity index (χ1n) is 7.65. The average molecular weight is 400 g/mol. The van der Waals surface area contributed by atoms with E-state index in [-0.39, 0.29) is 0 Å². The van der Waals surface area contributed by atoms with Gasteiger partial charge < -0.3 is 4.74 Å². The van der Waals surface area contributed by atoms with Crippen LogP contribution in [0.4, 0.5) is 0 Å². The first kappa shape index (κ1) is 18.3. The van der Waals surface area contributed by atoms with Crippen LogP contribution < -0.4 is 4.74 Å². The van der Waals surface area contributed by atoms with Crippen LogP contribution in [0.5, 0.6) is 5.75 Å². The molecule has 0 aliphatic carbocycles. The second-order valence-corrected chi connectivity index (χ2v) is 6.61. The van der Waals surface area contributed by atoms with Crippen LogP contribution in [0.15, 0.2) is 59.1 Å². The van der Waals surface area contributed by atoms with Crippen LogP contribution >= 0.6 is 27.3 Å². The fraction of sp³-hybridized carbons (Fsp3) is 0.150. The minimum absolute atomic E-state index is 0.676. The topological polar surface area (TPSA) is 33.0 Å². The van der Waals surface area contributed by atoms with E-state index < -0.39 is 0 Å². The Kier molecular flexibility index (Phi) is 6.60. The molecule has 0 aliphatic rings. The number of nitriles is 1. The van der Waals surface area contributed by atoms with E-state index in [0.717, 1.165) is 21.3 Å². The number of hydrogen-bond acceptors (Lipinski definition) is 3. The maximum absolute atomic E-state index is 8.87. The molecule has 2 aromatic carbocycles. The fourth-order valence-corrected chi connectivity index (χ4v) is 4.07. The molecule has 1 aromatic heterocycles. The highest BCUT2D eigenvalue weighted by Crippen LogP contribution is 2.41. The molecule has 0 saturated carbocycles. The van der Waals surface area contributed by atoms with Gasteiger partial charge in [-0.15, -0.1) is 11.3 Å². The largest absolute Gasteiger partial charge is 0.497 e. The summed E-state index contributed by atoms with van der Waals surface area (Å²) in [5.74, 6) is 0.851. The third kappa shape index (κ3) is 4.05. The first-order chi connectivity index (χ1) is 11.7. The van der Waals surface area contributed by atoms with Crippen molar-refractivity contribution in [2.75, 3.05) is 7.11 Å². The van der Waals surface area contributed by atoms with Gasteiger partial charge in [-0.1, -0.05) is 26.0 Å². The van der Waals surface area contributed by atoms with Crippen molar-refractivity contribution in [2.24, 2.45) is 0 Å². The van der Waals surface area contributed by atoms with E-state index in [1.54, 1.807) is 18.4 Å². The Balaban J connectivity index is 0.00000100. The van der Waals surface area contributed by atoms with Crippen LogP contribution in [-0.2, 0) is 0 Å². The number of methoxy groups -OCH3 is 1. The van der Waals surface area contributed by atoms with Gasteiger partial charge in [0.1, 0.15) is 5.75 Å². The summed E-state index contributed by atoms with van der Waals surface area (Å²) in [5.41, 5.74) is 2.94. The molecule has 0 fully saturated rings. The summed E-state index contributed by atoms with van der Waals surface area (Å²) in [6, 6.07) is 19.9. The zero-order valence-electron chi connectivity index (χ0n) is 13.8. The lowest BCUT2D eigenvalue weighted by Crippen LogP contribution is -1.81. The van der Waals surface area contributed by atoms with Gasteiger partial charge >= 0.3 is 0 Å². The molecular weight excluding hydrogens is 382 g/mol. The van der Waals surface area contributed by atoms with E-state index in [0.29, 0.717) is 5.56 Å². The predicted octanol–water partition coefficient (Wildman–Crippen LogP) is 6.75. The minimum atomic E-state index is 0.676. The van der Waals surface area contributed by atoms with E-state index in [1.807, 2.05) is 50.2 Å². The van der Waals surface area contributed by atoms with E-state index in [9.17, 15) is 0 Å². The van der Waals surface area contributed by atoms with Gasteiger partial charge in [0.15, 0.2) is 0 Å². The van der Waals surface area contributed by atoms with Crippen molar-refractivity contribution in [1.82, 2.24) is 0 Å². The molecule has 0 atom stereocenters. The highest BCUT2D eigenvalue weighted by atomic mass is 79.9. The minimum Gasteiger partial charge on any atom is -0.497 e. The molecule has 0 bridgehead atoms. The molecule has 0 unspecified atom stereocenters. The summed E-state index contributed by atoms with van der Waals surface area (Å²) < 4.78 is 6.27. The Bertz CT molecular complexity index is 830. The summed E-state index contributed by atoms with van der Waals surface area (Å²) >= 11 is 5.36. The highest BCUT2D eigenvalue weighted by Gasteiger charge is 2.11. The molecule has 0 saturated heterocycles. The number of halogens is 1. The molecule has 24 heavy (non-hydrogen) atoms. The fourth-order valence-electron chi connectivity index (χ4n) is 2.16. The molecular formula is C20H18BrNOS. The number of hydrogen-bond donors (Lipinski definition) is 0. The third-order valence-electron chi connectivity index (χ3n) is 3.34. The van der Waals surface area contributed by atoms with Gasteiger partial charge in [-0.2, -0.15) is 5.26 Å². The smallest absolute Gasteiger partial charge is 0.118 e. The maximum atomic E-state index is 8.87. The Morgan fingerprint density at radius 2 is 1.54 bits per heavy atom. The van der Waals surface area contributed by atoms with Crippen LogP contribution in [-0.4, -0.2) is 7.11 Å². The van der Waals surface area contributed by atoms with Gasteiger partial charge in [0.05, 0.1) is 18.7 Å². The summed E-state index contributed by atoms with van der Waals surface area (Å²) in [6.07, 6.45) is 0. The Morgan fingerprint density at radius 1 is 0.958 bits per heavy atom.